The van der Waals surface area contributed by atoms with Crippen LogP contribution in [0.4, 0.5) is 0 Å². The smallest absolute Gasteiger partial charge is 0.303 e. The molecule has 1 aromatic carbocycles. The third-order valence-corrected chi connectivity index (χ3v) is 6.09. The van der Waals surface area contributed by atoms with Crippen LogP contribution in [0.25, 0.3) is 0 Å². The summed E-state index contributed by atoms with van der Waals surface area (Å²) in [5, 5.41) is 9.57. The number of hydrogen-bond acceptors (Lipinski definition) is 4. The molecule has 0 saturated carbocycles. The monoisotopic (exact) mass is 422 g/mol. The van der Waals surface area contributed by atoms with Crippen LogP contribution >= 0.6 is 12.6 Å². The van der Waals surface area contributed by atoms with Crippen molar-refractivity contribution in [1.82, 2.24) is 0 Å². The molecule has 0 bridgehead atoms. The fourth-order valence-electron chi connectivity index (χ4n) is 3.91. The predicted molar refractivity (Wildman–Crippen MR) is 125 cm³/mol. The average molecular weight is 423 g/mol. The Kier molecular flexibility index (Phi) is 10.1. The van der Waals surface area contributed by atoms with E-state index in [1.54, 1.807) is 12.1 Å². The van der Waals surface area contributed by atoms with E-state index in [9.17, 15) is 9.90 Å². The van der Waals surface area contributed by atoms with Gasteiger partial charge in [0.2, 0.25) is 0 Å². The molecule has 1 N–H and O–H groups in total. The first-order chi connectivity index (χ1) is 13.3. The molecule has 0 spiro atoms. The number of phenols is 1. The highest BCUT2D eigenvalue weighted by molar-refractivity contribution is 7.80. The van der Waals surface area contributed by atoms with E-state index in [0.29, 0.717) is 17.1 Å². The number of ether oxygens (including phenoxy) is 1. The minimum Gasteiger partial charge on any atom is -0.508 e. The lowest BCUT2D eigenvalue weighted by atomic mass is 9.76. The van der Waals surface area contributed by atoms with E-state index in [1.807, 2.05) is 12.1 Å². The molecule has 3 atom stereocenters. The minimum absolute atomic E-state index is 0.0103. The molecule has 0 aliphatic carbocycles. The first-order valence-corrected chi connectivity index (χ1v) is 11.4. The molecule has 0 aliphatic rings. The van der Waals surface area contributed by atoms with Crippen molar-refractivity contribution >= 4 is 18.6 Å². The summed E-state index contributed by atoms with van der Waals surface area (Å²) in [5.74, 6) is 0.791. The largest absolute Gasteiger partial charge is 0.508 e. The van der Waals surface area contributed by atoms with E-state index in [0.717, 1.165) is 19.3 Å². The van der Waals surface area contributed by atoms with Gasteiger partial charge in [-0.3, -0.25) is 4.79 Å². The lowest BCUT2D eigenvalue weighted by Crippen LogP contribution is -2.32. The number of phenolic OH excluding ortho intramolecular Hbond substituents is 1. The van der Waals surface area contributed by atoms with Crippen LogP contribution in [0.15, 0.2) is 24.3 Å². The van der Waals surface area contributed by atoms with Crippen molar-refractivity contribution in [2.75, 3.05) is 0 Å². The third kappa shape index (κ3) is 11.0. The number of carbonyl (C=O) groups excluding carboxylic acids is 1. The number of benzene rings is 1. The Hall–Kier alpha value is -1.16. The van der Waals surface area contributed by atoms with Crippen molar-refractivity contribution in [2.45, 2.75) is 92.4 Å². The molecule has 4 heteroatoms. The summed E-state index contributed by atoms with van der Waals surface area (Å²) in [6.07, 6.45) is 6.66. The van der Waals surface area contributed by atoms with Gasteiger partial charge in [-0.25, -0.2) is 0 Å². The molecule has 0 aliphatic heterocycles. The molecule has 3 unspecified atom stereocenters. The first kappa shape index (κ1) is 25.9. The zero-order valence-electron chi connectivity index (χ0n) is 19.5. The molecule has 166 valence electrons. The van der Waals surface area contributed by atoms with Gasteiger partial charge in [0.05, 0.1) is 0 Å². The van der Waals surface area contributed by atoms with Gasteiger partial charge in [0.15, 0.2) is 0 Å². The number of esters is 1. The van der Waals surface area contributed by atoms with Crippen LogP contribution in [-0.2, 0) is 16.0 Å². The SMILES string of the molecule is CC(=O)OC(S)C(CCC(CCCC(C)(C)C)Cc1ccc(O)cc1)C(C)(C)C. The quantitative estimate of drug-likeness (QED) is 0.242. The van der Waals surface area contributed by atoms with Crippen molar-refractivity contribution < 1.29 is 14.6 Å². The van der Waals surface area contributed by atoms with E-state index in [4.69, 9.17) is 4.74 Å². The Morgan fingerprint density at radius 2 is 1.62 bits per heavy atom. The summed E-state index contributed by atoms with van der Waals surface area (Å²) in [5.41, 5.74) is 1.24. The van der Waals surface area contributed by atoms with Crippen molar-refractivity contribution in [3.05, 3.63) is 29.8 Å². The van der Waals surface area contributed by atoms with Gasteiger partial charge in [-0.05, 0) is 60.1 Å². The van der Waals surface area contributed by atoms with Crippen LogP contribution in [0, 0.1) is 22.7 Å². The number of rotatable bonds is 10. The van der Waals surface area contributed by atoms with E-state index in [1.165, 1.54) is 31.7 Å². The summed E-state index contributed by atoms with van der Waals surface area (Å²) < 4.78 is 5.43. The molecule has 1 aromatic rings. The zero-order chi connectivity index (χ0) is 22.2. The fraction of sp³-hybridized carbons (Fsp3) is 0.720. The Morgan fingerprint density at radius 3 is 2.10 bits per heavy atom. The van der Waals surface area contributed by atoms with E-state index in [-0.39, 0.29) is 22.7 Å². The van der Waals surface area contributed by atoms with Crippen molar-refractivity contribution in [3.63, 3.8) is 0 Å². The molecule has 0 radical (unpaired) electrons. The van der Waals surface area contributed by atoms with Crippen molar-refractivity contribution in [2.24, 2.45) is 22.7 Å². The van der Waals surface area contributed by atoms with Gasteiger partial charge in [0, 0.05) is 12.8 Å². The van der Waals surface area contributed by atoms with E-state index in [2.05, 4.69) is 54.2 Å². The Morgan fingerprint density at radius 1 is 1.03 bits per heavy atom. The molecular weight excluding hydrogens is 380 g/mol. The first-order valence-electron chi connectivity index (χ1n) is 10.9. The predicted octanol–water partition coefficient (Wildman–Crippen LogP) is 7.03. The molecule has 0 aromatic heterocycles. The summed E-state index contributed by atoms with van der Waals surface area (Å²) in [4.78, 5) is 11.4. The Balaban J connectivity index is 2.83. The van der Waals surface area contributed by atoms with Crippen molar-refractivity contribution in [1.29, 1.82) is 0 Å². The molecular formula is C25H42O3S. The molecule has 1 rings (SSSR count). The van der Waals surface area contributed by atoms with E-state index >= 15 is 0 Å². The highest BCUT2D eigenvalue weighted by Crippen LogP contribution is 2.37. The van der Waals surface area contributed by atoms with Gasteiger partial charge in [0.25, 0.3) is 0 Å². The molecule has 0 heterocycles. The topological polar surface area (TPSA) is 46.5 Å². The third-order valence-electron chi connectivity index (χ3n) is 5.63. The van der Waals surface area contributed by atoms with Crippen LogP contribution in [0.2, 0.25) is 0 Å². The van der Waals surface area contributed by atoms with Crippen molar-refractivity contribution in [3.8, 4) is 5.75 Å². The summed E-state index contributed by atoms with van der Waals surface area (Å²) in [6.45, 7) is 14.9. The summed E-state index contributed by atoms with van der Waals surface area (Å²) >= 11 is 4.61. The van der Waals surface area contributed by atoms with Crippen LogP contribution in [0.3, 0.4) is 0 Å². The van der Waals surface area contributed by atoms with Gasteiger partial charge in [-0.15, -0.1) is 12.6 Å². The maximum absolute atomic E-state index is 11.4. The maximum atomic E-state index is 11.4. The second-order valence-electron chi connectivity index (χ2n) is 10.7. The van der Waals surface area contributed by atoms with Gasteiger partial charge in [-0.1, -0.05) is 66.5 Å². The Bertz CT molecular complexity index is 610. The van der Waals surface area contributed by atoms with Crippen LogP contribution in [0.1, 0.15) is 86.1 Å². The fourth-order valence-corrected chi connectivity index (χ4v) is 4.65. The maximum Gasteiger partial charge on any atom is 0.303 e. The highest BCUT2D eigenvalue weighted by Gasteiger charge is 2.32. The van der Waals surface area contributed by atoms with Crippen LogP contribution in [0.5, 0.6) is 5.75 Å². The summed E-state index contributed by atoms with van der Waals surface area (Å²) in [6, 6.07) is 7.58. The summed E-state index contributed by atoms with van der Waals surface area (Å²) in [7, 11) is 0. The molecule has 0 amide bonds. The number of thiol groups is 1. The van der Waals surface area contributed by atoms with Crippen LogP contribution in [-0.4, -0.2) is 16.5 Å². The zero-order valence-corrected chi connectivity index (χ0v) is 20.4. The standard InChI is InChI=1S/C25H42O3S/c1-18(26)28-23(29)22(25(5,6)7)15-12-19(9-8-16-24(2,3)4)17-20-10-13-21(27)14-11-20/h10-11,13-14,19,22-23,27,29H,8-9,12,15-17H2,1-7H3. The molecule has 0 fully saturated rings. The number of carbonyl (C=O) groups is 1. The number of aromatic hydroxyl groups is 1. The normalized spacial score (nSPS) is 15.6. The van der Waals surface area contributed by atoms with Gasteiger partial charge < -0.3 is 9.84 Å². The second kappa shape index (κ2) is 11.3. The second-order valence-corrected chi connectivity index (χ2v) is 11.2. The van der Waals surface area contributed by atoms with Crippen LogP contribution < -0.4 is 0 Å². The lowest BCUT2D eigenvalue weighted by Gasteiger charge is -2.35. The van der Waals surface area contributed by atoms with E-state index < -0.39 is 0 Å². The minimum atomic E-state index is -0.378. The van der Waals surface area contributed by atoms with Gasteiger partial charge in [0.1, 0.15) is 11.2 Å². The van der Waals surface area contributed by atoms with Gasteiger partial charge >= 0.3 is 5.97 Å². The molecule has 3 nitrogen and oxygen atoms in total. The van der Waals surface area contributed by atoms with Gasteiger partial charge in [-0.2, -0.15) is 0 Å². The highest BCUT2D eigenvalue weighted by atomic mass is 32.1. The lowest BCUT2D eigenvalue weighted by molar-refractivity contribution is -0.145. The molecule has 29 heavy (non-hydrogen) atoms. The average Bonchev–Trinajstić information content (AvgIpc) is 2.53. The Labute approximate surface area is 184 Å². The number of hydrogen-bond donors (Lipinski definition) is 2. The molecule has 0 saturated heterocycles.